The number of aliphatic carboxylic acids is 1. The molecule has 0 saturated carbocycles. The van der Waals surface area contributed by atoms with E-state index in [1.807, 2.05) is 0 Å². The lowest BCUT2D eigenvalue weighted by Gasteiger charge is -2.08. The number of hydrogen-bond acceptors (Lipinski definition) is 4. The van der Waals surface area contributed by atoms with Gasteiger partial charge in [0.1, 0.15) is 0 Å². The molecule has 0 aliphatic carbocycles. The molecule has 0 aliphatic rings. The standard InChI is InChI=1S/C12H16O5S/c1-18(16,17)11-6-3-9(4-7-11)2-5-10(13)8-12(14)15/h3-4,6-7,10,13H,2,5,8H2,1H3,(H,14,15). The molecule has 1 aromatic rings. The van der Waals surface area contributed by atoms with Crippen molar-refractivity contribution in [2.75, 3.05) is 6.26 Å². The number of aliphatic hydroxyl groups excluding tert-OH is 1. The van der Waals surface area contributed by atoms with Gasteiger partial charge >= 0.3 is 5.97 Å². The van der Waals surface area contributed by atoms with Crippen LogP contribution in [-0.2, 0) is 21.1 Å². The Balaban J connectivity index is 2.57. The number of hydrogen-bond donors (Lipinski definition) is 2. The molecule has 1 atom stereocenters. The highest BCUT2D eigenvalue weighted by atomic mass is 32.2. The topological polar surface area (TPSA) is 91.7 Å². The summed E-state index contributed by atoms with van der Waals surface area (Å²) in [4.78, 5) is 10.6. The van der Waals surface area contributed by atoms with Crippen LogP contribution in [0.15, 0.2) is 29.2 Å². The largest absolute Gasteiger partial charge is 0.481 e. The average molecular weight is 272 g/mol. The summed E-state index contributed by atoms with van der Waals surface area (Å²) in [7, 11) is -3.19. The third-order valence-electron chi connectivity index (χ3n) is 2.53. The van der Waals surface area contributed by atoms with E-state index in [1.165, 1.54) is 12.1 Å². The van der Waals surface area contributed by atoms with Crippen molar-refractivity contribution in [2.45, 2.75) is 30.3 Å². The number of carboxylic acid groups (broad SMARTS) is 1. The first-order chi connectivity index (χ1) is 8.29. The third-order valence-corrected chi connectivity index (χ3v) is 3.66. The van der Waals surface area contributed by atoms with E-state index >= 15 is 0 Å². The lowest BCUT2D eigenvalue weighted by Crippen LogP contribution is -2.13. The van der Waals surface area contributed by atoms with E-state index in [0.717, 1.165) is 11.8 Å². The van der Waals surface area contributed by atoms with E-state index in [1.54, 1.807) is 12.1 Å². The number of benzene rings is 1. The van der Waals surface area contributed by atoms with Crippen LogP contribution in [0.1, 0.15) is 18.4 Å². The second-order valence-electron chi connectivity index (χ2n) is 4.21. The minimum Gasteiger partial charge on any atom is -0.481 e. The third kappa shape index (κ3) is 4.85. The summed E-state index contributed by atoms with van der Waals surface area (Å²) in [6, 6.07) is 6.36. The number of aryl methyl sites for hydroxylation is 1. The van der Waals surface area contributed by atoms with Crippen molar-refractivity contribution < 1.29 is 23.4 Å². The second-order valence-corrected chi connectivity index (χ2v) is 6.22. The van der Waals surface area contributed by atoms with E-state index in [2.05, 4.69) is 0 Å². The Morgan fingerprint density at radius 3 is 2.28 bits per heavy atom. The highest BCUT2D eigenvalue weighted by Crippen LogP contribution is 2.13. The van der Waals surface area contributed by atoms with E-state index in [4.69, 9.17) is 5.11 Å². The molecule has 1 rings (SSSR count). The zero-order valence-electron chi connectivity index (χ0n) is 10.0. The Morgan fingerprint density at radius 2 is 1.83 bits per heavy atom. The molecule has 0 bridgehead atoms. The molecule has 0 saturated heterocycles. The van der Waals surface area contributed by atoms with E-state index in [0.29, 0.717) is 12.8 Å². The Bertz CT molecular complexity index is 504. The maximum Gasteiger partial charge on any atom is 0.305 e. The molecular formula is C12H16O5S. The van der Waals surface area contributed by atoms with Gasteiger partial charge in [0.15, 0.2) is 9.84 Å². The lowest BCUT2D eigenvalue weighted by molar-refractivity contribution is -0.139. The second kappa shape index (κ2) is 5.97. The SMILES string of the molecule is CS(=O)(=O)c1ccc(CCC(O)CC(=O)O)cc1. The molecule has 0 aromatic heterocycles. The van der Waals surface area contributed by atoms with E-state index < -0.39 is 21.9 Å². The van der Waals surface area contributed by atoms with E-state index in [-0.39, 0.29) is 11.3 Å². The predicted octanol–water partition coefficient (Wildman–Crippen LogP) is 0.858. The van der Waals surface area contributed by atoms with Gasteiger partial charge in [-0.2, -0.15) is 0 Å². The quantitative estimate of drug-likeness (QED) is 0.801. The molecule has 0 spiro atoms. The van der Waals surface area contributed by atoms with Crippen LogP contribution in [0.4, 0.5) is 0 Å². The monoisotopic (exact) mass is 272 g/mol. The van der Waals surface area contributed by atoms with Gasteiger partial charge in [-0.3, -0.25) is 4.79 Å². The van der Waals surface area contributed by atoms with Gasteiger partial charge < -0.3 is 10.2 Å². The summed E-state index contributed by atoms with van der Waals surface area (Å²) in [5, 5.41) is 17.9. The summed E-state index contributed by atoms with van der Waals surface area (Å²) in [6.07, 6.45) is 0.834. The van der Waals surface area contributed by atoms with Crippen LogP contribution in [0.3, 0.4) is 0 Å². The van der Waals surface area contributed by atoms with E-state index in [9.17, 15) is 18.3 Å². The molecule has 1 unspecified atom stereocenters. The first kappa shape index (κ1) is 14.7. The summed E-state index contributed by atoms with van der Waals surface area (Å²) in [5.41, 5.74) is 0.867. The predicted molar refractivity (Wildman–Crippen MR) is 66.1 cm³/mol. The van der Waals surface area contributed by atoms with Crippen LogP contribution in [0, 0.1) is 0 Å². The van der Waals surface area contributed by atoms with Gasteiger partial charge in [-0.25, -0.2) is 8.42 Å². The van der Waals surface area contributed by atoms with Crippen LogP contribution in [-0.4, -0.2) is 37.0 Å². The maximum atomic E-state index is 11.2. The lowest BCUT2D eigenvalue weighted by atomic mass is 10.1. The fraction of sp³-hybridized carbons (Fsp3) is 0.417. The van der Waals surface area contributed by atoms with Crippen LogP contribution in [0.5, 0.6) is 0 Å². The molecule has 1 aromatic carbocycles. The summed E-state index contributed by atoms with van der Waals surface area (Å²) < 4.78 is 22.5. The van der Waals surface area contributed by atoms with Gasteiger partial charge in [0.05, 0.1) is 17.4 Å². The van der Waals surface area contributed by atoms with Crippen LogP contribution >= 0.6 is 0 Å². The van der Waals surface area contributed by atoms with Crippen molar-refractivity contribution in [3.05, 3.63) is 29.8 Å². The van der Waals surface area contributed by atoms with Gasteiger partial charge in [0.25, 0.3) is 0 Å². The van der Waals surface area contributed by atoms with Crippen molar-refractivity contribution in [2.24, 2.45) is 0 Å². The Morgan fingerprint density at radius 1 is 1.28 bits per heavy atom. The number of carboxylic acids is 1. The van der Waals surface area contributed by atoms with Gasteiger partial charge in [0.2, 0.25) is 0 Å². The molecule has 0 radical (unpaired) electrons. The number of aliphatic hydroxyl groups is 1. The summed E-state index contributed by atoms with van der Waals surface area (Å²) in [6.45, 7) is 0. The van der Waals surface area contributed by atoms with Gasteiger partial charge in [0, 0.05) is 6.26 Å². The van der Waals surface area contributed by atoms with Crippen LogP contribution in [0.2, 0.25) is 0 Å². The van der Waals surface area contributed by atoms with Gasteiger partial charge in [-0.05, 0) is 30.5 Å². The first-order valence-corrected chi connectivity index (χ1v) is 7.37. The molecule has 6 heteroatoms. The Kier molecular flexibility index (Phi) is 4.86. The minimum absolute atomic E-state index is 0.248. The Hall–Kier alpha value is -1.40. The molecule has 5 nitrogen and oxygen atoms in total. The molecule has 0 aliphatic heterocycles. The average Bonchev–Trinajstić information content (AvgIpc) is 2.25. The molecule has 0 amide bonds. The number of sulfone groups is 1. The highest BCUT2D eigenvalue weighted by Gasteiger charge is 2.10. The van der Waals surface area contributed by atoms with Crippen LogP contribution in [0.25, 0.3) is 0 Å². The maximum absolute atomic E-state index is 11.2. The zero-order chi connectivity index (χ0) is 13.8. The van der Waals surface area contributed by atoms with Crippen LogP contribution < -0.4 is 0 Å². The number of rotatable bonds is 6. The molecular weight excluding hydrogens is 256 g/mol. The first-order valence-electron chi connectivity index (χ1n) is 5.48. The van der Waals surface area contributed by atoms with Gasteiger partial charge in [-0.15, -0.1) is 0 Å². The molecule has 0 fully saturated rings. The molecule has 0 heterocycles. The normalized spacial score (nSPS) is 13.2. The Labute approximate surface area is 106 Å². The zero-order valence-corrected chi connectivity index (χ0v) is 10.9. The minimum atomic E-state index is -3.19. The fourth-order valence-electron chi connectivity index (χ4n) is 1.54. The van der Waals surface area contributed by atoms with Crippen molar-refractivity contribution in [1.82, 2.24) is 0 Å². The molecule has 18 heavy (non-hydrogen) atoms. The smallest absolute Gasteiger partial charge is 0.305 e. The fourth-order valence-corrected chi connectivity index (χ4v) is 2.17. The molecule has 2 N–H and O–H groups in total. The molecule has 100 valence electrons. The van der Waals surface area contributed by atoms with Crippen molar-refractivity contribution in [1.29, 1.82) is 0 Å². The summed E-state index contributed by atoms with van der Waals surface area (Å²) in [5.74, 6) is -1.03. The summed E-state index contributed by atoms with van der Waals surface area (Å²) >= 11 is 0. The van der Waals surface area contributed by atoms with Crippen molar-refractivity contribution >= 4 is 15.8 Å². The highest BCUT2D eigenvalue weighted by molar-refractivity contribution is 7.90. The van der Waals surface area contributed by atoms with Gasteiger partial charge in [-0.1, -0.05) is 12.1 Å². The van der Waals surface area contributed by atoms with Crippen molar-refractivity contribution in [3.63, 3.8) is 0 Å². The number of carbonyl (C=O) groups is 1. The van der Waals surface area contributed by atoms with Crippen molar-refractivity contribution in [3.8, 4) is 0 Å².